The molecule has 2 fully saturated rings. The summed E-state index contributed by atoms with van der Waals surface area (Å²) in [5, 5.41) is 13.2. The molecule has 0 saturated carbocycles. The lowest BCUT2D eigenvalue weighted by molar-refractivity contribution is -0.914. The van der Waals surface area contributed by atoms with E-state index in [9.17, 15) is 28.0 Å². The molecular formula is C34H39F2IN8O5. The molecule has 6 rings (SSSR count). The number of quaternary nitrogens is 1. The largest absolute Gasteiger partial charge is 1.00 e. The molecule has 2 aromatic heterocycles. The van der Waals surface area contributed by atoms with Gasteiger partial charge in [-0.3, -0.25) is 24.2 Å². The number of rotatable bonds is 12. The molecule has 4 heterocycles. The van der Waals surface area contributed by atoms with E-state index in [0.29, 0.717) is 39.2 Å². The number of piperidine rings is 1. The van der Waals surface area contributed by atoms with E-state index in [1.807, 2.05) is 0 Å². The third kappa shape index (κ3) is 8.51. The predicted molar refractivity (Wildman–Crippen MR) is 175 cm³/mol. The van der Waals surface area contributed by atoms with Gasteiger partial charge >= 0.3 is 0 Å². The quantitative estimate of drug-likeness (QED) is 0.0859. The number of nitrogens with zero attached hydrogens (tertiary/aromatic N) is 6. The Kier molecular flexibility index (Phi) is 11.6. The maximum Gasteiger partial charge on any atom is 0.291 e. The molecule has 2 saturated heterocycles. The first-order valence-electron chi connectivity index (χ1n) is 16.4. The van der Waals surface area contributed by atoms with Gasteiger partial charge in [0.25, 0.3) is 17.7 Å². The fourth-order valence-corrected chi connectivity index (χ4v) is 6.63. The molecule has 266 valence electrons. The van der Waals surface area contributed by atoms with Crippen LogP contribution in [0.5, 0.6) is 5.75 Å². The normalized spacial score (nSPS) is 18.0. The van der Waals surface area contributed by atoms with Crippen LogP contribution >= 0.6 is 0 Å². The number of hydrogen-bond acceptors (Lipinski definition) is 8. The molecule has 2 aliphatic rings. The Morgan fingerprint density at radius 2 is 1.80 bits per heavy atom. The van der Waals surface area contributed by atoms with Gasteiger partial charge in [0.1, 0.15) is 24.0 Å². The lowest BCUT2D eigenvalue weighted by Gasteiger charge is -2.37. The molecule has 4 aromatic rings. The van der Waals surface area contributed by atoms with E-state index in [1.54, 1.807) is 42.5 Å². The second-order valence-electron chi connectivity index (χ2n) is 13.0. The van der Waals surface area contributed by atoms with E-state index in [0.717, 1.165) is 17.4 Å². The monoisotopic (exact) mass is 804 g/mol. The number of fused-ring (bicyclic) bond motifs is 2. The van der Waals surface area contributed by atoms with Crippen molar-refractivity contribution in [1.29, 1.82) is 0 Å². The first kappa shape index (κ1) is 36.9. The van der Waals surface area contributed by atoms with Gasteiger partial charge in [-0.05, 0) is 55.7 Å². The SMILES string of the molecule is C[N+]1(CCCOc2ccc3nccc(C(=O)NCC(=O)N4CC(F)(F)C[C@H]4C(=O)C(=O)NCn4nnc5ccccc54)c3c2)CCCCC1.[I-]. The van der Waals surface area contributed by atoms with Crippen LogP contribution in [-0.4, -0.2) is 111 Å². The number of aromatic nitrogens is 4. The Hall–Kier alpha value is -4.32. The number of carbonyl (C=O) groups is 4. The zero-order valence-electron chi connectivity index (χ0n) is 27.6. The molecule has 2 aliphatic heterocycles. The predicted octanol–water partition coefficient (Wildman–Crippen LogP) is -0.308. The molecule has 50 heavy (non-hydrogen) atoms. The first-order chi connectivity index (χ1) is 23.5. The molecule has 3 amide bonds. The Bertz CT molecular complexity index is 1880. The van der Waals surface area contributed by atoms with Crippen LogP contribution in [0.25, 0.3) is 21.9 Å². The van der Waals surface area contributed by atoms with Gasteiger partial charge in [0.15, 0.2) is 0 Å². The summed E-state index contributed by atoms with van der Waals surface area (Å²) in [5.41, 5.74) is 1.92. The summed E-state index contributed by atoms with van der Waals surface area (Å²) >= 11 is 0. The van der Waals surface area contributed by atoms with E-state index in [2.05, 4.69) is 33.0 Å². The summed E-state index contributed by atoms with van der Waals surface area (Å²) in [7, 11) is 2.28. The molecule has 16 heteroatoms. The van der Waals surface area contributed by atoms with Crippen molar-refractivity contribution in [2.75, 3.05) is 46.4 Å². The van der Waals surface area contributed by atoms with Crippen molar-refractivity contribution >= 4 is 45.4 Å². The number of halogens is 3. The van der Waals surface area contributed by atoms with E-state index in [1.165, 1.54) is 49.3 Å². The lowest BCUT2D eigenvalue weighted by atomic mass is 10.1. The molecule has 0 spiro atoms. The van der Waals surface area contributed by atoms with Crippen LogP contribution in [-0.2, 0) is 21.1 Å². The number of hydrogen-bond donors (Lipinski definition) is 2. The van der Waals surface area contributed by atoms with E-state index >= 15 is 0 Å². The van der Waals surface area contributed by atoms with Crippen molar-refractivity contribution in [3.8, 4) is 5.75 Å². The molecule has 13 nitrogen and oxygen atoms in total. The van der Waals surface area contributed by atoms with Gasteiger partial charge in [-0.25, -0.2) is 13.5 Å². The average Bonchev–Trinajstić information content (AvgIpc) is 3.67. The molecule has 2 N–H and O–H groups in total. The maximum atomic E-state index is 14.5. The lowest BCUT2D eigenvalue weighted by Crippen LogP contribution is -3.00. The molecule has 0 radical (unpaired) electrons. The number of pyridine rings is 1. The zero-order valence-corrected chi connectivity index (χ0v) is 29.8. The van der Waals surface area contributed by atoms with Crippen LogP contribution in [0, 0.1) is 0 Å². The molecule has 0 unspecified atom stereocenters. The molecule has 2 aromatic carbocycles. The summed E-state index contributed by atoms with van der Waals surface area (Å²) in [4.78, 5) is 57.1. The van der Waals surface area contributed by atoms with Crippen molar-refractivity contribution in [3.05, 3.63) is 60.3 Å². The number of alkyl halides is 2. The highest BCUT2D eigenvalue weighted by Gasteiger charge is 2.51. The smallest absolute Gasteiger partial charge is 0.291 e. The number of para-hydroxylation sites is 1. The summed E-state index contributed by atoms with van der Waals surface area (Å²) in [6, 6.07) is 12.0. The van der Waals surface area contributed by atoms with Crippen LogP contribution in [0.3, 0.4) is 0 Å². The number of likely N-dealkylation sites (tertiary alicyclic amines) is 2. The van der Waals surface area contributed by atoms with E-state index < -0.39 is 55.0 Å². The zero-order chi connectivity index (χ0) is 34.6. The van der Waals surface area contributed by atoms with Gasteiger partial charge in [0, 0.05) is 24.4 Å². The summed E-state index contributed by atoms with van der Waals surface area (Å²) < 4.78 is 37.4. The fraction of sp³-hybridized carbons (Fsp3) is 0.441. The molecule has 0 aliphatic carbocycles. The maximum absolute atomic E-state index is 14.5. The number of ether oxygens (including phenoxy) is 1. The number of amides is 3. The van der Waals surface area contributed by atoms with Crippen molar-refractivity contribution in [3.63, 3.8) is 0 Å². The van der Waals surface area contributed by atoms with Crippen molar-refractivity contribution < 1.29 is 61.2 Å². The van der Waals surface area contributed by atoms with Gasteiger partial charge in [0.05, 0.1) is 63.0 Å². The minimum atomic E-state index is -3.40. The van der Waals surface area contributed by atoms with Crippen molar-refractivity contribution in [1.82, 2.24) is 35.5 Å². The average molecular weight is 805 g/mol. The summed E-state index contributed by atoms with van der Waals surface area (Å²) in [5.74, 6) is -6.72. The Balaban J connectivity index is 0.00000486. The highest BCUT2D eigenvalue weighted by atomic mass is 127. The van der Waals surface area contributed by atoms with Crippen molar-refractivity contribution in [2.24, 2.45) is 0 Å². The minimum absolute atomic E-state index is 0. The van der Waals surface area contributed by atoms with Gasteiger partial charge < -0.3 is 48.7 Å². The summed E-state index contributed by atoms with van der Waals surface area (Å²) in [6.45, 7) is 1.94. The van der Waals surface area contributed by atoms with Gasteiger partial charge in [-0.1, -0.05) is 17.3 Å². The van der Waals surface area contributed by atoms with Crippen LogP contribution < -0.4 is 39.3 Å². The molecule has 1 atom stereocenters. The third-order valence-corrected chi connectivity index (χ3v) is 9.29. The highest BCUT2D eigenvalue weighted by molar-refractivity contribution is 6.38. The van der Waals surface area contributed by atoms with Crippen molar-refractivity contribution in [2.45, 2.75) is 50.7 Å². The van der Waals surface area contributed by atoms with Gasteiger partial charge in [-0.15, -0.1) is 5.10 Å². The second kappa shape index (κ2) is 15.7. The molecule has 0 bridgehead atoms. The van der Waals surface area contributed by atoms with Gasteiger partial charge in [0.2, 0.25) is 11.7 Å². The topological polar surface area (TPSA) is 148 Å². The third-order valence-electron chi connectivity index (χ3n) is 9.29. The Labute approximate surface area is 304 Å². The number of benzene rings is 2. The number of Topliss-reactive ketones (excluding diaryl/α,β-unsaturated/α-hetero) is 1. The highest BCUT2D eigenvalue weighted by Crippen LogP contribution is 2.32. The first-order valence-corrected chi connectivity index (χ1v) is 16.4. The number of nitrogens with one attached hydrogen (secondary N) is 2. The van der Waals surface area contributed by atoms with E-state index in [4.69, 9.17) is 4.74 Å². The Morgan fingerprint density at radius 1 is 1.02 bits per heavy atom. The minimum Gasteiger partial charge on any atom is -1.00 e. The van der Waals surface area contributed by atoms with Gasteiger partial charge in [-0.2, -0.15) is 0 Å². The Morgan fingerprint density at radius 3 is 2.60 bits per heavy atom. The number of carbonyl (C=O) groups excluding carboxylic acids is 4. The van der Waals surface area contributed by atoms with Crippen LogP contribution in [0.4, 0.5) is 8.78 Å². The fourth-order valence-electron chi connectivity index (χ4n) is 6.63. The number of ketones is 1. The molecular weight excluding hydrogens is 765 g/mol. The van der Waals surface area contributed by atoms with E-state index in [-0.39, 0.29) is 36.2 Å². The standard InChI is InChI=1S/C34H38F2N8O5.HI/c1-44(14-5-2-6-15-44)16-7-17-49-23-10-11-26-25(18-23)24(12-13-37-26)32(47)38-20-30(45)42-21-34(35,36)19-29(42)31(46)33(48)39-22-43-28-9-4-3-8-27(28)40-41-43;/h3-4,8-13,18,29H,2,5-7,14-17,19-22H2,1H3,(H-,38,39,47,48);1H/t29-;/m0./s1. The summed E-state index contributed by atoms with van der Waals surface area (Å²) in [6.07, 6.45) is 5.11. The second-order valence-corrected chi connectivity index (χ2v) is 13.0. The van der Waals surface area contributed by atoms with Crippen LogP contribution in [0.2, 0.25) is 0 Å². The van der Waals surface area contributed by atoms with Crippen LogP contribution in [0.1, 0.15) is 42.5 Å². The van der Waals surface area contributed by atoms with Crippen LogP contribution in [0.15, 0.2) is 54.7 Å².